The van der Waals surface area contributed by atoms with Crippen molar-refractivity contribution < 1.29 is 9.53 Å². The summed E-state index contributed by atoms with van der Waals surface area (Å²) >= 11 is 0. The topological polar surface area (TPSA) is 60.2 Å². The largest absolute Gasteiger partial charge is 0.376 e. The van der Waals surface area contributed by atoms with Crippen LogP contribution in [0.15, 0.2) is 48.9 Å². The number of benzene rings is 1. The molecule has 144 valence electrons. The van der Waals surface area contributed by atoms with Crippen LogP contribution in [0, 0.1) is 0 Å². The van der Waals surface area contributed by atoms with Gasteiger partial charge in [-0.3, -0.25) is 9.78 Å². The second-order valence-corrected chi connectivity index (χ2v) is 7.73. The number of amides is 1. The lowest BCUT2D eigenvalue weighted by Crippen LogP contribution is -2.37. The summed E-state index contributed by atoms with van der Waals surface area (Å²) in [5.74, 6) is 0.00373. The molecule has 6 heteroatoms. The van der Waals surface area contributed by atoms with Gasteiger partial charge < -0.3 is 14.2 Å². The normalized spacial score (nSPS) is 19.2. The number of ether oxygens (including phenoxy) is 1. The Balaban J connectivity index is 1.41. The highest BCUT2D eigenvalue weighted by Crippen LogP contribution is 2.37. The van der Waals surface area contributed by atoms with Crippen molar-refractivity contribution in [1.29, 1.82) is 0 Å². The summed E-state index contributed by atoms with van der Waals surface area (Å²) in [4.78, 5) is 24.1. The number of imidazole rings is 1. The first-order valence-electron chi connectivity index (χ1n) is 10.1. The van der Waals surface area contributed by atoms with Crippen molar-refractivity contribution in [3.8, 4) is 0 Å². The molecule has 1 saturated heterocycles. The number of aromatic nitrogens is 3. The van der Waals surface area contributed by atoms with Crippen LogP contribution in [-0.4, -0.2) is 44.6 Å². The number of nitrogens with zero attached hydrogens (tertiary/aromatic N) is 4. The van der Waals surface area contributed by atoms with Gasteiger partial charge in [-0.25, -0.2) is 4.98 Å². The van der Waals surface area contributed by atoms with Gasteiger partial charge >= 0.3 is 0 Å². The van der Waals surface area contributed by atoms with Gasteiger partial charge in [0.2, 0.25) is 0 Å². The maximum atomic E-state index is 13.3. The van der Waals surface area contributed by atoms with Gasteiger partial charge in [0.15, 0.2) is 0 Å². The number of carbonyl (C=O) groups is 1. The van der Waals surface area contributed by atoms with Crippen LogP contribution >= 0.6 is 0 Å². The van der Waals surface area contributed by atoms with Crippen LogP contribution in [0.2, 0.25) is 0 Å². The molecule has 0 bridgehead atoms. The quantitative estimate of drug-likeness (QED) is 0.660. The zero-order chi connectivity index (χ0) is 18.9. The fraction of sp³-hybridized carbons (Fsp3) is 0.409. The molecule has 3 heterocycles. The summed E-state index contributed by atoms with van der Waals surface area (Å²) in [6, 6.07) is 12.2. The monoisotopic (exact) mass is 376 g/mol. The molecule has 0 N–H and O–H groups in total. The van der Waals surface area contributed by atoms with Crippen LogP contribution in [0.1, 0.15) is 47.8 Å². The third-order valence-corrected chi connectivity index (χ3v) is 5.58. The highest BCUT2D eigenvalue weighted by molar-refractivity contribution is 5.97. The van der Waals surface area contributed by atoms with E-state index in [1.165, 1.54) is 12.8 Å². The van der Waals surface area contributed by atoms with Crippen LogP contribution in [0.3, 0.4) is 0 Å². The molecule has 1 saturated carbocycles. The molecule has 1 aliphatic carbocycles. The number of hydrogen-bond donors (Lipinski definition) is 0. The predicted octanol–water partition coefficient (Wildman–Crippen LogP) is 3.59. The molecule has 2 aromatic heterocycles. The summed E-state index contributed by atoms with van der Waals surface area (Å²) in [7, 11) is 0. The summed E-state index contributed by atoms with van der Waals surface area (Å²) in [6.07, 6.45) is 8.24. The van der Waals surface area contributed by atoms with E-state index in [0.717, 1.165) is 36.2 Å². The molecule has 6 nitrogen and oxygen atoms in total. The minimum absolute atomic E-state index is 0.00373. The van der Waals surface area contributed by atoms with Gasteiger partial charge in [0.05, 0.1) is 35.7 Å². The van der Waals surface area contributed by atoms with E-state index in [2.05, 4.69) is 14.5 Å². The van der Waals surface area contributed by atoms with Crippen LogP contribution < -0.4 is 0 Å². The zero-order valence-electron chi connectivity index (χ0n) is 15.8. The third-order valence-electron chi connectivity index (χ3n) is 5.58. The molecule has 1 aliphatic heterocycles. The number of hydrogen-bond acceptors (Lipinski definition) is 4. The van der Waals surface area contributed by atoms with E-state index in [1.54, 1.807) is 6.20 Å². The fourth-order valence-electron chi connectivity index (χ4n) is 3.93. The maximum Gasteiger partial charge on any atom is 0.254 e. The number of rotatable bonds is 6. The second kappa shape index (κ2) is 7.36. The minimum atomic E-state index is 0.00373. The Morgan fingerprint density at radius 3 is 2.86 bits per heavy atom. The van der Waals surface area contributed by atoms with Gasteiger partial charge in [-0.1, -0.05) is 6.07 Å². The summed E-state index contributed by atoms with van der Waals surface area (Å²) in [6.45, 7) is 1.85. The molecule has 0 unspecified atom stereocenters. The van der Waals surface area contributed by atoms with Gasteiger partial charge in [0, 0.05) is 31.0 Å². The predicted molar refractivity (Wildman–Crippen MR) is 106 cm³/mol. The van der Waals surface area contributed by atoms with Crippen LogP contribution in [0.5, 0.6) is 0 Å². The van der Waals surface area contributed by atoms with Crippen molar-refractivity contribution in [3.05, 3.63) is 60.2 Å². The highest BCUT2D eigenvalue weighted by Gasteiger charge is 2.27. The Kier molecular flexibility index (Phi) is 4.56. The van der Waals surface area contributed by atoms with Crippen molar-refractivity contribution in [1.82, 2.24) is 19.4 Å². The number of fused-ring (bicyclic) bond motifs is 1. The smallest absolute Gasteiger partial charge is 0.254 e. The Morgan fingerprint density at radius 2 is 2.11 bits per heavy atom. The van der Waals surface area contributed by atoms with E-state index >= 15 is 0 Å². The summed E-state index contributed by atoms with van der Waals surface area (Å²) in [5, 5.41) is 0. The first-order valence-corrected chi connectivity index (χ1v) is 10.1. The Hall–Kier alpha value is -2.73. The standard InChI is InChI=1S/C22H24N4O2/c27-22(16-6-9-21-20(12-16)24-15-26(21)18-7-8-18)25(14-19-5-3-11-28-19)13-17-4-1-2-10-23-17/h1-2,4,6,9-10,12,15,18-19H,3,5,7-8,11,13-14H2/t19-/m1/s1. The summed E-state index contributed by atoms with van der Waals surface area (Å²) < 4.78 is 8.01. The molecule has 2 fully saturated rings. The van der Waals surface area contributed by atoms with Crippen LogP contribution in [0.25, 0.3) is 11.0 Å². The Bertz CT molecular complexity index is 975. The first kappa shape index (κ1) is 17.4. The van der Waals surface area contributed by atoms with Gasteiger partial charge in [-0.05, 0) is 56.0 Å². The molecule has 1 amide bonds. The number of carbonyl (C=O) groups excluding carboxylic acids is 1. The van der Waals surface area contributed by atoms with Gasteiger partial charge in [0.25, 0.3) is 5.91 Å². The van der Waals surface area contributed by atoms with Gasteiger partial charge in [0.1, 0.15) is 0 Å². The van der Waals surface area contributed by atoms with Crippen molar-refractivity contribution in [2.24, 2.45) is 0 Å². The SMILES string of the molecule is O=C(c1ccc2c(c1)ncn2C1CC1)N(Cc1ccccn1)C[C@H]1CCCO1. The van der Waals surface area contributed by atoms with Crippen molar-refractivity contribution in [2.45, 2.75) is 44.4 Å². The average Bonchev–Trinajstić information content (AvgIpc) is 3.27. The molecule has 28 heavy (non-hydrogen) atoms. The second-order valence-electron chi connectivity index (χ2n) is 7.73. The molecule has 5 rings (SSSR count). The summed E-state index contributed by atoms with van der Waals surface area (Å²) in [5.41, 5.74) is 3.54. The van der Waals surface area contributed by atoms with E-state index < -0.39 is 0 Å². The molecule has 1 atom stereocenters. The Morgan fingerprint density at radius 1 is 1.18 bits per heavy atom. The third kappa shape index (κ3) is 3.52. The van der Waals surface area contributed by atoms with E-state index in [-0.39, 0.29) is 12.0 Å². The molecule has 1 aromatic carbocycles. The van der Waals surface area contributed by atoms with Gasteiger partial charge in [-0.15, -0.1) is 0 Å². The molecule has 3 aromatic rings. The lowest BCUT2D eigenvalue weighted by Gasteiger charge is -2.25. The van der Waals surface area contributed by atoms with Crippen molar-refractivity contribution in [2.75, 3.05) is 13.2 Å². The molecular formula is C22H24N4O2. The zero-order valence-corrected chi connectivity index (χ0v) is 15.8. The Labute approximate surface area is 164 Å². The van der Waals surface area contributed by atoms with Crippen molar-refractivity contribution in [3.63, 3.8) is 0 Å². The molecule has 0 spiro atoms. The molecular weight excluding hydrogens is 352 g/mol. The van der Waals surface area contributed by atoms with Crippen LogP contribution in [0.4, 0.5) is 0 Å². The molecule has 0 radical (unpaired) electrons. The first-order chi connectivity index (χ1) is 13.8. The van der Waals surface area contributed by atoms with E-state index in [9.17, 15) is 4.79 Å². The van der Waals surface area contributed by atoms with Crippen molar-refractivity contribution >= 4 is 16.9 Å². The number of pyridine rings is 1. The molecule has 2 aliphatic rings. The minimum Gasteiger partial charge on any atom is -0.376 e. The average molecular weight is 376 g/mol. The van der Waals surface area contributed by atoms with Gasteiger partial charge in [-0.2, -0.15) is 0 Å². The van der Waals surface area contributed by atoms with E-state index in [4.69, 9.17) is 4.74 Å². The lowest BCUT2D eigenvalue weighted by molar-refractivity contribution is 0.0504. The highest BCUT2D eigenvalue weighted by atomic mass is 16.5. The lowest BCUT2D eigenvalue weighted by atomic mass is 10.1. The van der Waals surface area contributed by atoms with E-state index in [1.807, 2.05) is 47.6 Å². The van der Waals surface area contributed by atoms with E-state index in [0.29, 0.717) is 24.7 Å². The fourth-order valence-corrected chi connectivity index (χ4v) is 3.93. The maximum absolute atomic E-state index is 13.3. The van der Waals surface area contributed by atoms with Crippen LogP contribution in [-0.2, 0) is 11.3 Å².